The van der Waals surface area contributed by atoms with Crippen LogP contribution in [0.25, 0.3) is 16.6 Å². The molecule has 4 rings (SSSR count). The van der Waals surface area contributed by atoms with E-state index in [1.165, 1.54) is 17.5 Å². The molecule has 4 nitrogen and oxygen atoms in total. The number of halogens is 1. The lowest BCUT2D eigenvalue weighted by Crippen LogP contribution is -2.18. The molecule has 0 saturated heterocycles. The summed E-state index contributed by atoms with van der Waals surface area (Å²) in [5, 5.41) is 9.19. The van der Waals surface area contributed by atoms with Crippen LogP contribution in [0.3, 0.4) is 0 Å². The number of nitrogens with one attached hydrogen (secondary N) is 2. The summed E-state index contributed by atoms with van der Waals surface area (Å²) >= 11 is 0. The van der Waals surface area contributed by atoms with Gasteiger partial charge in [0.2, 0.25) is 0 Å². The van der Waals surface area contributed by atoms with Crippen molar-refractivity contribution in [1.29, 1.82) is 0 Å². The van der Waals surface area contributed by atoms with Crippen molar-refractivity contribution in [2.24, 2.45) is 0 Å². The number of H-pyrrole nitrogens is 1. The van der Waals surface area contributed by atoms with Crippen molar-refractivity contribution in [3.63, 3.8) is 0 Å². The number of para-hydroxylation sites is 1. The zero-order chi connectivity index (χ0) is 18.1. The monoisotopic (exact) mass is 348 g/mol. The Morgan fingerprint density at radius 3 is 2.81 bits per heavy atom. The molecule has 4 aromatic rings. The molecule has 0 fully saturated rings. The first kappa shape index (κ1) is 16.5. The van der Waals surface area contributed by atoms with Gasteiger partial charge in [-0.05, 0) is 49.6 Å². The van der Waals surface area contributed by atoms with Crippen LogP contribution in [0.1, 0.15) is 29.9 Å². The molecule has 5 heteroatoms. The van der Waals surface area contributed by atoms with Gasteiger partial charge < -0.3 is 10.3 Å². The van der Waals surface area contributed by atoms with E-state index in [-0.39, 0.29) is 11.9 Å². The van der Waals surface area contributed by atoms with E-state index in [0.717, 1.165) is 34.7 Å². The standard InChI is InChI=1S/C21H21FN4/c1-14(23-12-18-10-16-6-3-4-9-21(16)25-18)20-13-24-26(15(20)2)19-8-5-7-17(22)11-19/h3-11,13-14,23,25H,12H2,1-2H3. The van der Waals surface area contributed by atoms with E-state index in [1.807, 2.05) is 31.3 Å². The first-order valence-corrected chi connectivity index (χ1v) is 8.72. The summed E-state index contributed by atoms with van der Waals surface area (Å²) in [7, 11) is 0. The SMILES string of the molecule is Cc1c(C(C)NCc2cc3ccccc3[nH]2)cnn1-c1cccc(F)c1. The second-order valence-corrected chi connectivity index (χ2v) is 6.56. The molecule has 0 aliphatic rings. The Hall–Kier alpha value is -2.92. The quantitative estimate of drug-likeness (QED) is 0.551. The highest BCUT2D eigenvalue weighted by Crippen LogP contribution is 2.21. The topological polar surface area (TPSA) is 45.6 Å². The van der Waals surface area contributed by atoms with Crippen LogP contribution in [0.4, 0.5) is 4.39 Å². The fourth-order valence-electron chi connectivity index (χ4n) is 3.32. The Bertz CT molecular complexity index is 1010. The van der Waals surface area contributed by atoms with Crippen molar-refractivity contribution < 1.29 is 4.39 Å². The lowest BCUT2D eigenvalue weighted by atomic mass is 10.1. The molecule has 1 unspecified atom stereocenters. The minimum Gasteiger partial charge on any atom is -0.357 e. The van der Waals surface area contributed by atoms with Crippen LogP contribution in [-0.2, 0) is 6.54 Å². The number of hydrogen-bond donors (Lipinski definition) is 2. The van der Waals surface area contributed by atoms with Gasteiger partial charge in [-0.2, -0.15) is 5.10 Å². The fourth-order valence-corrected chi connectivity index (χ4v) is 3.32. The number of aromatic nitrogens is 3. The fraction of sp³-hybridized carbons (Fsp3) is 0.190. The lowest BCUT2D eigenvalue weighted by Gasteiger charge is -2.13. The number of nitrogens with zero attached hydrogens (tertiary/aromatic N) is 2. The molecule has 2 aromatic heterocycles. The Morgan fingerprint density at radius 2 is 2.00 bits per heavy atom. The van der Waals surface area contributed by atoms with Gasteiger partial charge in [-0.3, -0.25) is 0 Å². The number of aromatic amines is 1. The molecule has 2 aromatic carbocycles. The maximum atomic E-state index is 13.5. The number of hydrogen-bond acceptors (Lipinski definition) is 2. The highest BCUT2D eigenvalue weighted by molar-refractivity contribution is 5.80. The van der Waals surface area contributed by atoms with Crippen LogP contribution < -0.4 is 5.32 Å². The normalized spacial score (nSPS) is 12.6. The van der Waals surface area contributed by atoms with Crippen molar-refractivity contribution in [3.8, 4) is 5.69 Å². The molecule has 132 valence electrons. The lowest BCUT2D eigenvalue weighted by molar-refractivity contribution is 0.566. The third-order valence-corrected chi connectivity index (χ3v) is 4.75. The van der Waals surface area contributed by atoms with Crippen LogP contribution in [-0.4, -0.2) is 14.8 Å². The average Bonchev–Trinajstić information content (AvgIpc) is 3.22. The molecule has 2 heterocycles. The molecular weight excluding hydrogens is 327 g/mol. The van der Waals surface area contributed by atoms with Crippen LogP contribution in [0, 0.1) is 12.7 Å². The van der Waals surface area contributed by atoms with E-state index in [1.54, 1.807) is 10.7 Å². The van der Waals surface area contributed by atoms with Gasteiger partial charge in [0, 0.05) is 35.1 Å². The number of rotatable bonds is 5. The minimum atomic E-state index is -0.260. The van der Waals surface area contributed by atoms with E-state index >= 15 is 0 Å². The molecule has 1 atom stereocenters. The zero-order valence-electron chi connectivity index (χ0n) is 14.8. The van der Waals surface area contributed by atoms with E-state index in [4.69, 9.17) is 0 Å². The second-order valence-electron chi connectivity index (χ2n) is 6.56. The molecule has 0 aliphatic carbocycles. The smallest absolute Gasteiger partial charge is 0.125 e. The zero-order valence-corrected chi connectivity index (χ0v) is 14.8. The van der Waals surface area contributed by atoms with Gasteiger partial charge in [0.25, 0.3) is 0 Å². The molecule has 0 radical (unpaired) electrons. The van der Waals surface area contributed by atoms with Gasteiger partial charge in [-0.15, -0.1) is 0 Å². The van der Waals surface area contributed by atoms with E-state index < -0.39 is 0 Å². The predicted octanol–water partition coefficient (Wildman–Crippen LogP) is 4.65. The third kappa shape index (κ3) is 3.13. The highest BCUT2D eigenvalue weighted by Gasteiger charge is 2.14. The molecule has 0 aliphatic heterocycles. The first-order valence-electron chi connectivity index (χ1n) is 8.72. The Labute approximate surface area is 151 Å². The van der Waals surface area contributed by atoms with Gasteiger partial charge in [-0.1, -0.05) is 24.3 Å². The number of benzene rings is 2. The largest absolute Gasteiger partial charge is 0.357 e. The molecule has 0 spiro atoms. The summed E-state index contributed by atoms with van der Waals surface area (Å²) in [4.78, 5) is 3.43. The van der Waals surface area contributed by atoms with Crippen molar-refractivity contribution in [2.45, 2.75) is 26.4 Å². The Morgan fingerprint density at radius 1 is 1.15 bits per heavy atom. The van der Waals surface area contributed by atoms with Gasteiger partial charge in [0.15, 0.2) is 0 Å². The van der Waals surface area contributed by atoms with E-state index in [9.17, 15) is 4.39 Å². The van der Waals surface area contributed by atoms with Crippen LogP contribution in [0.15, 0.2) is 60.8 Å². The van der Waals surface area contributed by atoms with Crippen molar-refractivity contribution in [1.82, 2.24) is 20.1 Å². The van der Waals surface area contributed by atoms with Crippen LogP contribution in [0.2, 0.25) is 0 Å². The summed E-state index contributed by atoms with van der Waals surface area (Å²) in [6.07, 6.45) is 1.85. The van der Waals surface area contributed by atoms with Gasteiger partial charge in [-0.25, -0.2) is 9.07 Å². The molecule has 2 N–H and O–H groups in total. The molecule has 0 amide bonds. The van der Waals surface area contributed by atoms with Crippen molar-refractivity contribution >= 4 is 10.9 Å². The van der Waals surface area contributed by atoms with E-state index in [0.29, 0.717) is 0 Å². The van der Waals surface area contributed by atoms with Gasteiger partial charge >= 0.3 is 0 Å². The summed E-state index contributed by atoms with van der Waals surface area (Å²) < 4.78 is 15.3. The van der Waals surface area contributed by atoms with Crippen LogP contribution in [0.5, 0.6) is 0 Å². The predicted molar refractivity (Wildman–Crippen MR) is 102 cm³/mol. The maximum absolute atomic E-state index is 13.5. The summed E-state index contributed by atoms with van der Waals surface area (Å²) in [6.45, 7) is 4.86. The summed E-state index contributed by atoms with van der Waals surface area (Å²) in [5.41, 5.74) is 5.13. The third-order valence-electron chi connectivity index (χ3n) is 4.75. The second kappa shape index (κ2) is 6.77. The Kier molecular flexibility index (Phi) is 4.31. The maximum Gasteiger partial charge on any atom is 0.125 e. The van der Waals surface area contributed by atoms with Crippen LogP contribution >= 0.6 is 0 Å². The molecule has 0 saturated carbocycles. The van der Waals surface area contributed by atoms with Gasteiger partial charge in [0.05, 0.1) is 11.9 Å². The minimum absolute atomic E-state index is 0.128. The van der Waals surface area contributed by atoms with E-state index in [2.05, 4.69) is 40.5 Å². The summed E-state index contributed by atoms with van der Waals surface area (Å²) in [5.74, 6) is -0.260. The molecule has 0 bridgehead atoms. The number of fused-ring (bicyclic) bond motifs is 1. The molecule has 26 heavy (non-hydrogen) atoms. The highest BCUT2D eigenvalue weighted by atomic mass is 19.1. The van der Waals surface area contributed by atoms with Crippen molar-refractivity contribution in [3.05, 3.63) is 83.6 Å². The molecular formula is C21H21FN4. The van der Waals surface area contributed by atoms with Gasteiger partial charge in [0.1, 0.15) is 5.82 Å². The first-order chi connectivity index (χ1) is 12.6. The average molecular weight is 348 g/mol. The summed E-state index contributed by atoms with van der Waals surface area (Å²) in [6, 6.07) is 17.0. The van der Waals surface area contributed by atoms with Crippen molar-refractivity contribution in [2.75, 3.05) is 0 Å². The Balaban J connectivity index is 1.50.